The van der Waals surface area contributed by atoms with E-state index in [0.717, 1.165) is 11.3 Å². The van der Waals surface area contributed by atoms with Gasteiger partial charge in [-0.25, -0.2) is 9.97 Å². The molecule has 9 heteroatoms. The molecule has 0 unspecified atom stereocenters. The van der Waals surface area contributed by atoms with Crippen LogP contribution in [0.5, 0.6) is 0 Å². The van der Waals surface area contributed by atoms with Crippen LogP contribution < -0.4 is 16.6 Å². The Kier molecular flexibility index (Phi) is 4.13. The van der Waals surface area contributed by atoms with E-state index in [9.17, 15) is 4.79 Å². The summed E-state index contributed by atoms with van der Waals surface area (Å²) in [5, 5.41) is 3.81. The van der Waals surface area contributed by atoms with Gasteiger partial charge in [-0.05, 0) is 30.7 Å². The second-order valence-electron chi connectivity index (χ2n) is 6.86. The Morgan fingerprint density at radius 3 is 2.73 bits per heavy atom. The summed E-state index contributed by atoms with van der Waals surface area (Å²) in [6, 6.07) is 15.1. The van der Waals surface area contributed by atoms with E-state index in [-0.39, 0.29) is 18.1 Å². The van der Waals surface area contributed by atoms with Gasteiger partial charge in [0, 0.05) is 0 Å². The van der Waals surface area contributed by atoms with Crippen molar-refractivity contribution < 1.29 is 0 Å². The Labute approximate surface area is 170 Å². The summed E-state index contributed by atoms with van der Waals surface area (Å²) in [7, 11) is 0. The number of aromatic amines is 1. The van der Waals surface area contributed by atoms with Gasteiger partial charge in [0.25, 0.3) is 5.56 Å². The highest BCUT2D eigenvalue weighted by Crippen LogP contribution is 2.20. The highest BCUT2D eigenvalue weighted by molar-refractivity contribution is 5.84. The maximum absolute atomic E-state index is 13.4. The van der Waals surface area contributed by atoms with E-state index >= 15 is 0 Å². The number of hydrogen-bond donors (Lipinski definition) is 3. The van der Waals surface area contributed by atoms with Crippen molar-refractivity contribution in [3.8, 4) is 5.69 Å². The predicted octanol–water partition coefficient (Wildman–Crippen LogP) is 2.55. The van der Waals surface area contributed by atoms with Gasteiger partial charge in [0.1, 0.15) is 11.3 Å². The first-order valence-electron chi connectivity index (χ1n) is 9.39. The molecule has 3 aromatic heterocycles. The molecule has 0 fully saturated rings. The van der Waals surface area contributed by atoms with Crippen LogP contribution in [0.15, 0.2) is 59.7 Å². The van der Waals surface area contributed by atoms with Crippen LogP contribution in [0.4, 0.5) is 11.8 Å². The highest BCUT2D eigenvalue weighted by atomic mass is 16.1. The normalized spacial score (nSPS) is 11.2. The van der Waals surface area contributed by atoms with E-state index in [0.29, 0.717) is 33.7 Å². The number of nitrogen functional groups attached to an aromatic ring is 1. The number of nitrogens with one attached hydrogen (secondary N) is 2. The molecular weight excluding hydrogens is 380 g/mol. The van der Waals surface area contributed by atoms with Gasteiger partial charge in [-0.15, -0.1) is 0 Å². The smallest absolute Gasteiger partial charge is 0.266 e. The fraction of sp³-hybridized carbons (Fsp3) is 0.0952. The summed E-state index contributed by atoms with van der Waals surface area (Å²) in [5.74, 6) is 1.14. The lowest BCUT2D eigenvalue weighted by Gasteiger charge is -2.15. The molecule has 0 saturated heterocycles. The van der Waals surface area contributed by atoms with E-state index in [1.165, 1.54) is 6.33 Å². The van der Waals surface area contributed by atoms with Crippen molar-refractivity contribution >= 4 is 33.8 Å². The van der Waals surface area contributed by atoms with Crippen molar-refractivity contribution in [1.29, 1.82) is 0 Å². The highest BCUT2D eigenvalue weighted by Gasteiger charge is 2.15. The number of para-hydroxylation sites is 1. The van der Waals surface area contributed by atoms with Crippen molar-refractivity contribution in [2.45, 2.75) is 13.5 Å². The molecule has 0 amide bonds. The number of aromatic nitrogens is 6. The molecule has 5 aromatic rings. The molecule has 0 atom stereocenters. The van der Waals surface area contributed by atoms with Crippen LogP contribution in [0.1, 0.15) is 11.4 Å². The lowest BCUT2D eigenvalue weighted by Crippen LogP contribution is -2.26. The largest absolute Gasteiger partial charge is 0.368 e. The van der Waals surface area contributed by atoms with Crippen LogP contribution in [0, 0.1) is 6.92 Å². The minimum absolute atomic E-state index is 0.117. The minimum Gasteiger partial charge on any atom is -0.368 e. The number of nitrogens with two attached hydrogens (primary N) is 1. The second kappa shape index (κ2) is 6.96. The van der Waals surface area contributed by atoms with Gasteiger partial charge in [0.05, 0.1) is 29.5 Å². The third-order valence-electron chi connectivity index (χ3n) is 4.90. The topological polar surface area (TPSA) is 127 Å². The maximum atomic E-state index is 13.4. The number of anilines is 2. The van der Waals surface area contributed by atoms with Crippen LogP contribution in [-0.4, -0.2) is 29.5 Å². The third kappa shape index (κ3) is 2.93. The third-order valence-corrected chi connectivity index (χ3v) is 4.90. The van der Waals surface area contributed by atoms with Crippen molar-refractivity contribution in [1.82, 2.24) is 29.5 Å². The Bertz CT molecular complexity index is 1440. The quantitative estimate of drug-likeness (QED) is 0.424. The molecule has 3 heterocycles. The van der Waals surface area contributed by atoms with Gasteiger partial charge in [-0.1, -0.05) is 30.3 Å². The lowest BCUT2D eigenvalue weighted by atomic mass is 10.1. The van der Waals surface area contributed by atoms with E-state index in [4.69, 9.17) is 10.7 Å². The number of benzene rings is 2. The molecule has 9 nitrogen and oxygen atoms in total. The fourth-order valence-corrected chi connectivity index (χ4v) is 3.54. The SMILES string of the molecule is Cc1cccc2nc(CNc3nc(N)nc4[nH]cnc34)n(-c3ccccc3)c(=O)c12. The Hall–Kier alpha value is -4.27. The summed E-state index contributed by atoms with van der Waals surface area (Å²) in [6.07, 6.45) is 1.53. The Morgan fingerprint density at radius 2 is 1.90 bits per heavy atom. The molecule has 4 N–H and O–H groups in total. The Balaban J connectivity index is 1.66. The van der Waals surface area contributed by atoms with Crippen molar-refractivity contribution in [3.05, 3.63) is 76.6 Å². The first kappa shape index (κ1) is 17.8. The van der Waals surface area contributed by atoms with Gasteiger partial charge in [0.2, 0.25) is 5.95 Å². The van der Waals surface area contributed by atoms with Crippen LogP contribution in [0.3, 0.4) is 0 Å². The van der Waals surface area contributed by atoms with Crippen molar-refractivity contribution in [2.24, 2.45) is 0 Å². The lowest BCUT2D eigenvalue weighted by molar-refractivity contribution is 0.836. The number of rotatable bonds is 4. The average Bonchev–Trinajstić information content (AvgIpc) is 3.21. The van der Waals surface area contributed by atoms with Gasteiger partial charge in [-0.3, -0.25) is 9.36 Å². The number of nitrogens with zero attached hydrogens (tertiary/aromatic N) is 5. The molecule has 0 bridgehead atoms. The molecule has 148 valence electrons. The summed E-state index contributed by atoms with van der Waals surface area (Å²) in [6.45, 7) is 2.16. The van der Waals surface area contributed by atoms with Gasteiger partial charge < -0.3 is 16.0 Å². The first-order chi connectivity index (χ1) is 14.6. The number of fused-ring (bicyclic) bond motifs is 2. The van der Waals surface area contributed by atoms with Crippen LogP contribution in [0.25, 0.3) is 27.8 Å². The molecule has 5 rings (SSSR count). The van der Waals surface area contributed by atoms with Gasteiger partial charge in [0.15, 0.2) is 11.5 Å². The zero-order valence-corrected chi connectivity index (χ0v) is 16.1. The summed E-state index contributed by atoms with van der Waals surface area (Å²) < 4.78 is 1.62. The number of aryl methyl sites for hydroxylation is 1. The monoisotopic (exact) mass is 398 g/mol. The van der Waals surface area contributed by atoms with Gasteiger partial charge in [-0.2, -0.15) is 9.97 Å². The van der Waals surface area contributed by atoms with E-state index in [1.807, 2.05) is 55.5 Å². The van der Waals surface area contributed by atoms with E-state index in [2.05, 4.69) is 25.3 Å². The van der Waals surface area contributed by atoms with Crippen LogP contribution in [0.2, 0.25) is 0 Å². The zero-order valence-electron chi connectivity index (χ0n) is 16.1. The second-order valence-corrected chi connectivity index (χ2v) is 6.86. The molecule has 0 aliphatic rings. The molecule has 0 aliphatic carbocycles. The zero-order chi connectivity index (χ0) is 20.7. The first-order valence-corrected chi connectivity index (χ1v) is 9.39. The van der Waals surface area contributed by atoms with E-state index < -0.39 is 0 Å². The molecule has 2 aromatic carbocycles. The molecular formula is C21H18N8O. The van der Waals surface area contributed by atoms with Gasteiger partial charge >= 0.3 is 0 Å². The van der Waals surface area contributed by atoms with Crippen LogP contribution in [-0.2, 0) is 6.54 Å². The standard InChI is InChI=1S/C21H18N8O/c1-12-6-5-9-14-16(12)20(30)29(13-7-3-2-4-8-13)15(26-14)10-23-18-17-19(25-11-24-17)28-21(22)27-18/h2-9,11H,10H2,1H3,(H4,22,23,24,25,27,28). The summed E-state index contributed by atoms with van der Waals surface area (Å²) in [4.78, 5) is 33.7. The van der Waals surface area contributed by atoms with Crippen molar-refractivity contribution in [3.63, 3.8) is 0 Å². The fourth-order valence-electron chi connectivity index (χ4n) is 3.54. The maximum Gasteiger partial charge on any atom is 0.266 e. The number of imidazole rings is 1. The number of H-pyrrole nitrogens is 1. The molecule has 0 spiro atoms. The van der Waals surface area contributed by atoms with E-state index in [1.54, 1.807) is 4.57 Å². The molecule has 0 saturated carbocycles. The minimum atomic E-state index is -0.117. The summed E-state index contributed by atoms with van der Waals surface area (Å²) >= 11 is 0. The molecule has 0 radical (unpaired) electrons. The van der Waals surface area contributed by atoms with Crippen LogP contribution >= 0.6 is 0 Å². The molecule has 0 aliphatic heterocycles. The summed E-state index contributed by atoms with van der Waals surface area (Å²) in [5.41, 5.74) is 9.06. The molecule has 30 heavy (non-hydrogen) atoms. The Morgan fingerprint density at radius 1 is 1.07 bits per heavy atom. The average molecular weight is 398 g/mol. The van der Waals surface area contributed by atoms with Crippen molar-refractivity contribution in [2.75, 3.05) is 11.1 Å². The predicted molar refractivity (Wildman–Crippen MR) is 115 cm³/mol. The number of hydrogen-bond acceptors (Lipinski definition) is 7.